The van der Waals surface area contributed by atoms with Crippen LogP contribution in [-0.4, -0.2) is 18.0 Å². The maximum absolute atomic E-state index is 12.4. The monoisotopic (exact) mass is 362 g/mol. The SMILES string of the molecule is Cc1cccc(/C=C/C(=O)NCc2ccccc2NC(=O)C(F)(F)F)c1. The van der Waals surface area contributed by atoms with Crippen molar-refractivity contribution in [2.45, 2.75) is 19.6 Å². The molecule has 0 fully saturated rings. The number of hydrogen-bond donors (Lipinski definition) is 2. The summed E-state index contributed by atoms with van der Waals surface area (Å²) in [6, 6.07) is 13.5. The van der Waals surface area contributed by atoms with Gasteiger partial charge in [-0.15, -0.1) is 0 Å². The molecule has 7 heteroatoms. The standard InChI is InChI=1S/C19H17F3N2O2/c1-13-5-4-6-14(11-13)9-10-17(25)23-12-15-7-2-3-8-16(15)24-18(26)19(20,21)22/h2-11H,12H2,1H3,(H,23,25)(H,24,26)/b10-9+. The second kappa shape index (κ2) is 8.33. The molecule has 0 atom stereocenters. The molecule has 0 aliphatic carbocycles. The lowest BCUT2D eigenvalue weighted by Crippen LogP contribution is -2.30. The van der Waals surface area contributed by atoms with Crippen molar-refractivity contribution in [1.82, 2.24) is 5.32 Å². The number of alkyl halides is 3. The summed E-state index contributed by atoms with van der Waals surface area (Å²) >= 11 is 0. The van der Waals surface area contributed by atoms with Gasteiger partial charge in [-0.3, -0.25) is 9.59 Å². The Balaban J connectivity index is 1.99. The summed E-state index contributed by atoms with van der Waals surface area (Å²) in [5, 5.41) is 4.38. The Morgan fingerprint density at radius 1 is 1.08 bits per heavy atom. The molecule has 0 aliphatic rings. The average molecular weight is 362 g/mol. The van der Waals surface area contributed by atoms with Crippen LogP contribution in [0.25, 0.3) is 6.08 Å². The van der Waals surface area contributed by atoms with E-state index in [0.29, 0.717) is 5.56 Å². The van der Waals surface area contributed by atoms with E-state index in [9.17, 15) is 22.8 Å². The van der Waals surface area contributed by atoms with Gasteiger partial charge in [-0.1, -0.05) is 48.0 Å². The number of benzene rings is 2. The van der Waals surface area contributed by atoms with Crippen molar-refractivity contribution < 1.29 is 22.8 Å². The lowest BCUT2D eigenvalue weighted by atomic mass is 10.1. The van der Waals surface area contributed by atoms with Crippen molar-refractivity contribution in [3.8, 4) is 0 Å². The fourth-order valence-corrected chi connectivity index (χ4v) is 2.18. The van der Waals surface area contributed by atoms with Crippen LogP contribution in [0.1, 0.15) is 16.7 Å². The van der Waals surface area contributed by atoms with Crippen LogP contribution in [0.4, 0.5) is 18.9 Å². The minimum absolute atomic E-state index is 0.00205. The summed E-state index contributed by atoms with van der Waals surface area (Å²) < 4.78 is 37.1. The molecule has 0 unspecified atom stereocenters. The number of halogens is 3. The highest BCUT2D eigenvalue weighted by atomic mass is 19.4. The number of amides is 2. The van der Waals surface area contributed by atoms with E-state index in [1.807, 2.05) is 31.2 Å². The Morgan fingerprint density at radius 3 is 2.50 bits per heavy atom. The van der Waals surface area contributed by atoms with Gasteiger partial charge in [-0.05, 0) is 30.2 Å². The van der Waals surface area contributed by atoms with E-state index >= 15 is 0 Å². The van der Waals surface area contributed by atoms with Crippen LogP contribution < -0.4 is 10.6 Å². The number of carbonyl (C=O) groups excluding carboxylic acids is 2. The van der Waals surface area contributed by atoms with Crippen LogP contribution in [0, 0.1) is 6.92 Å². The summed E-state index contributed by atoms with van der Waals surface area (Å²) in [5.41, 5.74) is 2.28. The third-order valence-electron chi connectivity index (χ3n) is 3.45. The second-order valence-corrected chi connectivity index (χ2v) is 5.57. The Labute approximate surface area is 148 Å². The molecule has 0 radical (unpaired) electrons. The van der Waals surface area contributed by atoms with Crippen LogP contribution >= 0.6 is 0 Å². The zero-order valence-electron chi connectivity index (χ0n) is 13.9. The zero-order chi connectivity index (χ0) is 19.2. The molecule has 2 aromatic carbocycles. The summed E-state index contributed by atoms with van der Waals surface area (Å²) in [7, 11) is 0. The van der Waals surface area contributed by atoms with Gasteiger partial charge in [-0.2, -0.15) is 13.2 Å². The first-order valence-corrected chi connectivity index (χ1v) is 7.74. The first-order valence-electron chi connectivity index (χ1n) is 7.74. The van der Waals surface area contributed by atoms with E-state index in [0.717, 1.165) is 11.1 Å². The Hall–Kier alpha value is -3.09. The molecule has 2 rings (SSSR count). The van der Waals surface area contributed by atoms with Gasteiger partial charge in [0, 0.05) is 18.3 Å². The summed E-state index contributed by atoms with van der Waals surface area (Å²) in [5.74, 6) is -2.46. The molecule has 0 spiro atoms. The van der Waals surface area contributed by atoms with E-state index in [-0.39, 0.29) is 12.2 Å². The van der Waals surface area contributed by atoms with Crippen LogP contribution in [-0.2, 0) is 16.1 Å². The number of rotatable bonds is 5. The van der Waals surface area contributed by atoms with Gasteiger partial charge in [0.15, 0.2) is 0 Å². The zero-order valence-corrected chi connectivity index (χ0v) is 13.9. The molecule has 0 saturated carbocycles. The van der Waals surface area contributed by atoms with E-state index in [4.69, 9.17) is 0 Å². The third-order valence-corrected chi connectivity index (χ3v) is 3.45. The molecule has 2 aromatic rings. The number of para-hydroxylation sites is 1. The molecule has 2 amide bonds. The number of carbonyl (C=O) groups is 2. The first-order chi connectivity index (χ1) is 12.3. The molecule has 4 nitrogen and oxygen atoms in total. The highest BCUT2D eigenvalue weighted by Gasteiger charge is 2.38. The van der Waals surface area contributed by atoms with Crippen molar-refractivity contribution in [3.05, 3.63) is 71.3 Å². The predicted molar refractivity (Wildman–Crippen MR) is 93.2 cm³/mol. The van der Waals surface area contributed by atoms with Crippen LogP contribution in [0.3, 0.4) is 0 Å². The summed E-state index contributed by atoms with van der Waals surface area (Å²) in [6.45, 7) is 1.91. The van der Waals surface area contributed by atoms with E-state index in [1.54, 1.807) is 17.5 Å². The second-order valence-electron chi connectivity index (χ2n) is 5.57. The summed E-state index contributed by atoms with van der Waals surface area (Å²) in [6.07, 6.45) is -2.00. The van der Waals surface area contributed by atoms with Crippen LogP contribution in [0.15, 0.2) is 54.6 Å². The van der Waals surface area contributed by atoms with E-state index < -0.39 is 18.0 Å². The third kappa shape index (κ3) is 5.77. The molecule has 0 aliphatic heterocycles. The van der Waals surface area contributed by atoms with Crippen molar-refractivity contribution in [2.75, 3.05) is 5.32 Å². The topological polar surface area (TPSA) is 58.2 Å². The van der Waals surface area contributed by atoms with Gasteiger partial charge in [0.2, 0.25) is 5.91 Å². The van der Waals surface area contributed by atoms with Gasteiger partial charge in [0.1, 0.15) is 0 Å². The molecule has 0 heterocycles. The molecule has 2 N–H and O–H groups in total. The van der Waals surface area contributed by atoms with Crippen molar-refractivity contribution in [1.29, 1.82) is 0 Å². The number of nitrogens with one attached hydrogen (secondary N) is 2. The predicted octanol–water partition coefficient (Wildman–Crippen LogP) is 3.83. The average Bonchev–Trinajstić information content (AvgIpc) is 2.58. The van der Waals surface area contributed by atoms with Crippen LogP contribution in [0.2, 0.25) is 0 Å². The fourth-order valence-electron chi connectivity index (χ4n) is 2.18. The minimum Gasteiger partial charge on any atom is -0.348 e. The number of aryl methyl sites for hydroxylation is 1. The highest BCUT2D eigenvalue weighted by Crippen LogP contribution is 2.20. The maximum Gasteiger partial charge on any atom is 0.471 e. The summed E-state index contributed by atoms with van der Waals surface area (Å²) in [4.78, 5) is 23.0. The van der Waals surface area contributed by atoms with Crippen molar-refractivity contribution >= 4 is 23.6 Å². The largest absolute Gasteiger partial charge is 0.471 e. The van der Waals surface area contributed by atoms with Gasteiger partial charge in [0.25, 0.3) is 0 Å². The Kier molecular flexibility index (Phi) is 6.16. The van der Waals surface area contributed by atoms with Crippen LogP contribution in [0.5, 0.6) is 0 Å². The Morgan fingerprint density at radius 2 is 1.81 bits per heavy atom. The van der Waals surface area contributed by atoms with E-state index in [2.05, 4.69) is 5.32 Å². The quantitative estimate of drug-likeness (QED) is 0.795. The number of anilines is 1. The maximum atomic E-state index is 12.4. The fraction of sp³-hybridized carbons (Fsp3) is 0.158. The molecule has 26 heavy (non-hydrogen) atoms. The lowest BCUT2D eigenvalue weighted by Gasteiger charge is -2.12. The normalized spacial score (nSPS) is 11.4. The molecule has 0 saturated heterocycles. The smallest absolute Gasteiger partial charge is 0.348 e. The molecule has 0 aromatic heterocycles. The molecular weight excluding hydrogens is 345 g/mol. The van der Waals surface area contributed by atoms with Gasteiger partial charge in [0.05, 0.1) is 0 Å². The lowest BCUT2D eigenvalue weighted by molar-refractivity contribution is -0.167. The van der Waals surface area contributed by atoms with E-state index in [1.165, 1.54) is 24.3 Å². The molecule has 136 valence electrons. The van der Waals surface area contributed by atoms with Crippen molar-refractivity contribution in [3.63, 3.8) is 0 Å². The number of hydrogen-bond acceptors (Lipinski definition) is 2. The first kappa shape index (κ1) is 19.2. The molecular formula is C19H17F3N2O2. The van der Waals surface area contributed by atoms with Gasteiger partial charge >= 0.3 is 12.1 Å². The van der Waals surface area contributed by atoms with Gasteiger partial charge in [-0.25, -0.2) is 0 Å². The molecule has 0 bridgehead atoms. The van der Waals surface area contributed by atoms with Crippen molar-refractivity contribution in [2.24, 2.45) is 0 Å². The Bertz CT molecular complexity index is 830. The minimum atomic E-state index is -4.98. The highest BCUT2D eigenvalue weighted by molar-refractivity contribution is 5.96. The van der Waals surface area contributed by atoms with Gasteiger partial charge < -0.3 is 10.6 Å².